The monoisotopic (exact) mass is 309 g/mol. The van der Waals surface area contributed by atoms with E-state index in [1.54, 1.807) is 0 Å². The van der Waals surface area contributed by atoms with Crippen molar-refractivity contribution in [2.45, 2.75) is 90.0 Å². The Bertz CT molecular complexity index is 299. The largest absolute Gasteiger partial charge is 1.00 e. The zero-order valence-electron chi connectivity index (χ0n) is 15.1. The first-order chi connectivity index (χ1) is 9.40. The number of Topliss-reactive ketones (excluding diaryl/α,β-unsaturated/α-hetero) is 1. The standard InChI is InChI=1S/C16H31NO3.Na.H/c1-3-4-5-6-7-8-9-10-11-12-14(18)13-16(2,17)15(19)20;;/h3-13,17H2,1-2H3,(H,19,20);;/q;+1;-1. The summed E-state index contributed by atoms with van der Waals surface area (Å²) in [5.41, 5.74) is 4.13. The fourth-order valence-electron chi connectivity index (χ4n) is 2.21. The zero-order chi connectivity index (χ0) is 15.4. The molecule has 0 bridgehead atoms. The van der Waals surface area contributed by atoms with Gasteiger partial charge in [-0.1, -0.05) is 58.3 Å². The second-order valence-electron chi connectivity index (χ2n) is 6.02. The summed E-state index contributed by atoms with van der Waals surface area (Å²) < 4.78 is 0. The van der Waals surface area contributed by atoms with Crippen LogP contribution in [0.5, 0.6) is 0 Å². The van der Waals surface area contributed by atoms with Crippen LogP contribution in [0.15, 0.2) is 0 Å². The maximum absolute atomic E-state index is 11.6. The molecule has 0 amide bonds. The van der Waals surface area contributed by atoms with Gasteiger partial charge in [-0.25, -0.2) is 0 Å². The van der Waals surface area contributed by atoms with E-state index in [1.165, 1.54) is 45.4 Å². The number of carbonyl (C=O) groups excluding carboxylic acids is 1. The van der Waals surface area contributed by atoms with E-state index in [0.717, 1.165) is 19.3 Å². The number of unbranched alkanes of at least 4 members (excludes halogenated alkanes) is 8. The molecule has 0 aromatic heterocycles. The number of hydrogen-bond donors (Lipinski definition) is 2. The second kappa shape index (κ2) is 13.7. The molecule has 0 aliphatic heterocycles. The number of carboxylic acids is 1. The minimum Gasteiger partial charge on any atom is -1.00 e. The minimum atomic E-state index is -1.42. The molecule has 0 radical (unpaired) electrons. The van der Waals surface area contributed by atoms with Crippen LogP contribution in [0.1, 0.15) is 85.9 Å². The normalized spacial score (nSPS) is 13.3. The molecule has 4 nitrogen and oxygen atoms in total. The SMILES string of the molecule is CCCCCCCCCCCC(=O)CC(C)(N)C(=O)O.[H-].[Na+]. The van der Waals surface area contributed by atoms with Crippen molar-refractivity contribution in [3.63, 3.8) is 0 Å². The van der Waals surface area contributed by atoms with E-state index in [0.29, 0.717) is 6.42 Å². The van der Waals surface area contributed by atoms with Gasteiger partial charge in [0.2, 0.25) is 0 Å². The summed E-state index contributed by atoms with van der Waals surface area (Å²) in [5, 5.41) is 8.84. The van der Waals surface area contributed by atoms with Gasteiger partial charge in [-0.15, -0.1) is 0 Å². The number of carboxylic acid groups (broad SMARTS) is 1. The first kappa shape index (κ1) is 23.4. The number of ketones is 1. The van der Waals surface area contributed by atoms with Gasteiger partial charge < -0.3 is 12.3 Å². The number of rotatable bonds is 13. The Kier molecular flexibility index (Phi) is 15.3. The van der Waals surface area contributed by atoms with Crippen molar-refractivity contribution in [2.24, 2.45) is 5.73 Å². The van der Waals surface area contributed by atoms with Crippen molar-refractivity contribution in [1.82, 2.24) is 0 Å². The average molecular weight is 309 g/mol. The van der Waals surface area contributed by atoms with Crippen LogP contribution < -0.4 is 35.3 Å². The maximum atomic E-state index is 11.6. The molecule has 0 saturated carbocycles. The predicted octanol–water partition coefficient (Wildman–Crippen LogP) is 0.785. The molecule has 21 heavy (non-hydrogen) atoms. The molecule has 1 atom stereocenters. The summed E-state index contributed by atoms with van der Waals surface area (Å²) in [6.45, 7) is 3.61. The van der Waals surface area contributed by atoms with Crippen molar-refractivity contribution < 1.29 is 45.7 Å². The molecule has 5 heteroatoms. The van der Waals surface area contributed by atoms with Crippen LogP contribution in [0.25, 0.3) is 0 Å². The van der Waals surface area contributed by atoms with Crippen molar-refractivity contribution in [1.29, 1.82) is 0 Å². The van der Waals surface area contributed by atoms with Gasteiger partial charge in [0.15, 0.2) is 0 Å². The molecule has 120 valence electrons. The van der Waals surface area contributed by atoms with Crippen LogP contribution >= 0.6 is 0 Å². The molecule has 0 heterocycles. The quantitative estimate of drug-likeness (QED) is 0.389. The fraction of sp³-hybridized carbons (Fsp3) is 0.875. The average Bonchev–Trinajstić information content (AvgIpc) is 2.36. The van der Waals surface area contributed by atoms with Gasteiger partial charge in [-0.2, -0.15) is 0 Å². The third-order valence-electron chi connectivity index (χ3n) is 3.61. The fourth-order valence-corrected chi connectivity index (χ4v) is 2.21. The molecular formula is C16H32NNaO3. The van der Waals surface area contributed by atoms with Crippen molar-refractivity contribution >= 4 is 11.8 Å². The van der Waals surface area contributed by atoms with Crippen molar-refractivity contribution in [3.8, 4) is 0 Å². The number of nitrogens with two attached hydrogens (primary N) is 1. The summed E-state index contributed by atoms with van der Waals surface area (Å²) in [7, 11) is 0. The minimum absolute atomic E-state index is 0. The number of hydrogen-bond acceptors (Lipinski definition) is 3. The summed E-state index contributed by atoms with van der Waals surface area (Å²) in [4.78, 5) is 22.4. The Balaban J connectivity index is -0.00000180. The number of aliphatic carboxylic acids is 1. The molecular weight excluding hydrogens is 277 g/mol. The Hall–Kier alpha value is 0.100. The van der Waals surface area contributed by atoms with Crippen LogP contribution in [0.3, 0.4) is 0 Å². The van der Waals surface area contributed by atoms with E-state index in [2.05, 4.69) is 6.92 Å². The molecule has 0 rings (SSSR count). The Morgan fingerprint density at radius 3 is 1.86 bits per heavy atom. The summed E-state index contributed by atoms with van der Waals surface area (Å²) >= 11 is 0. The van der Waals surface area contributed by atoms with Crippen molar-refractivity contribution in [2.75, 3.05) is 0 Å². The van der Waals surface area contributed by atoms with Gasteiger partial charge in [0.1, 0.15) is 11.3 Å². The van der Waals surface area contributed by atoms with Gasteiger partial charge in [-0.05, 0) is 13.3 Å². The van der Waals surface area contributed by atoms with Crippen LogP contribution in [0.4, 0.5) is 0 Å². The summed E-state index contributed by atoms with van der Waals surface area (Å²) in [6, 6.07) is 0. The Labute approximate surface area is 153 Å². The Morgan fingerprint density at radius 2 is 1.43 bits per heavy atom. The molecule has 0 spiro atoms. The van der Waals surface area contributed by atoms with Gasteiger partial charge in [0.25, 0.3) is 0 Å². The van der Waals surface area contributed by atoms with E-state index in [4.69, 9.17) is 10.8 Å². The topological polar surface area (TPSA) is 80.4 Å². The molecule has 0 aliphatic rings. The predicted molar refractivity (Wildman–Crippen MR) is 82.8 cm³/mol. The van der Waals surface area contributed by atoms with E-state index >= 15 is 0 Å². The Morgan fingerprint density at radius 1 is 1.00 bits per heavy atom. The van der Waals surface area contributed by atoms with E-state index in [1.807, 2.05) is 0 Å². The zero-order valence-corrected chi connectivity index (χ0v) is 16.1. The van der Waals surface area contributed by atoms with E-state index < -0.39 is 11.5 Å². The molecule has 0 aromatic carbocycles. The van der Waals surface area contributed by atoms with Gasteiger partial charge in [0.05, 0.1) is 0 Å². The van der Waals surface area contributed by atoms with E-state index in [9.17, 15) is 9.59 Å². The second-order valence-corrected chi connectivity index (χ2v) is 6.02. The molecule has 0 fully saturated rings. The van der Waals surface area contributed by atoms with Crippen LogP contribution in [-0.4, -0.2) is 22.4 Å². The maximum Gasteiger partial charge on any atom is 1.00 e. The third kappa shape index (κ3) is 13.5. The van der Waals surface area contributed by atoms with Crippen molar-refractivity contribution in [3.05, 3.63) is 0 Å². The molecule has 3 N–H and O–H groups in total. The number of carbonyl (C=O) groups is 2. The van der Waals surface area contributed by atoms with Crippen LogP contribution in [0, 0.1) is 0 Å². The van der Waals surface area contributed by atoms with Gasteiger partial charge >= 0.3 is 35.5 Å². The molecule has 0 saturated heterocycles. The molecule has 0 aromatic rings. The van der Waals surface area contributed by atoms with E-state index in [-0.39, 0.29) is 43.2 Å². The van der Waals surface area contributed by atoms with Crippen LogP contribution in [-0.2, 0) is 9.59 Å². The summed E-state index contributed by atoms with van der Waals surface area (Å²) in [6.07, 6.45) is 11.2. The van der Waals surface area contributed by atoms with Crippen LogP contribution in [0.2, 0.25) is 0 Å². The van der Waals surface area contributed by atoms with Gasteiger partial charge in [0, 0.05) is 12.8 Å². The molecule has 0 aliphatic carbocycles. The molecule has 1 unspecified atom stereocenters. The first-order valence-corrected chi connectivity index (χ1v) is 7.94. The van der Waals surface area contributed by atoms with Gasteiger partial charge in [-0.3, -0.25) is 9.59 Å². The summed E-state index contributed by atoms with van der Waals surface area (Å²) in [5.74, 6) is -1.15. The first-order valence-electron chi connectivity index (χ1n) is 7.94. The third-order valence-corrected chi connectivity index (χ3v) is 3.61. The smallest absolute Gasteiger partial charge is 1.00 e.